The minimum atomic E-state index is 0.657. The quantitative estimate of drug-likeness (QED) is 0.189. The van der Waals surface area contributed by atoms with Crippen LogP contribution in [-0.4, -0.2) is 19.9 Å². The zero-order chi connectivity index (χ0) is 35.1. The maximum atomic E-state index is 6.63. The van der Waals surface area contributed by atoms with Crippen LogP contribution >= 0.6 is 46.4 Å². The van der Waals surface area contributed by atoms with Gasteiger partial charge in [-0.2, -0.15) is 0 Å². The Balaban J connectivity index is 1.40. The van der Waals surface area contributed by atoms with Gasteiger partial charge in [-0.05, 0) is 119 Å². The summed E-state index contributed by atoms with van der Waals surface area (Å²) < 4.78 is 0. The molecule has 4 aromatic carbocycles. The maximum absolute atomic E-state index is 6.63. The number of rotatable bonds is 3. The standard InChI is InChI=1S/C44H24Cl4N4/c45-26-7-1-23(2-8-26)40-33-15-16-34(49-33)41(24-3-9-27(46)10-4-24)36-19-20-38(51-36)43-30-14-13-29(48)21-31(30)32-22-39(52-44(32)43)42(37-18-17-35(40)50-37)25-5-11-28(47)12-6-25/h1-22,49,51H. The molecule has 1 aliphatic carbocycles. The number of fused-ring (bicyclic) bond motifs is 11. The number of hydrogen-bond donors (Lipinski definition) is 2. The van der Waals surface area contributed by atoms with Crippen LogP contribution in [0.5, 0.6) is 0 Å². The summed E-state index contributed by atoms with van der Waals surface area (Å²) in [5.74, 6) is 0. The van der Waals surface area contributed by atoms with Gasteiger partial charge in [0.1, 0.15) is 0 Å². The van der Waals surface area contributed by atoms with Gasteiger partial charge in [-0.1, -0.05) is 88.9 Å². The Labute approximate surface area is 318 Å². The van der Waals surface area contributed by atoms with E-state index in [9.17, 15) is 0 Å². The van der Waals surface area contributed by atoms with Gasteiger partial charge in [0.15, 0.2) is 0 Å². The summed E-state index contributed by atoms with van der Waals surface area (Å²) in [5.41, 5.74) is 17.0. The van der Waals surface area contributed by atoms with Gasteiger partial charge < -0.3 is 9.97 Å². The molecule has 8 heteroatoms. The predicted molar refractivity (Wildman–Crippen MR) is 219 cm³/mol. The molecule has 0 amide bonds. The summed E-state index contributed by atoms with van der Waals surface area (Å²) in [6, 6.07) is 38.1. The number of aromatic amines is 2. The van der Waals surface area contributed by atoms with Gasteiger partial charge in [0.25, 0.3) is 0 Å². The molecule has 52 heavy (non-hydrogen) atoms. The second kappa shape index (κ2) is 12.1. The van der Waals surface area contributed by atoms with E-state index in [1.54, 1.807) is 0 Å². The minimum Gasteiger partial charge on any atom is -0.354 e. The molecule has 10 rings (SSSR count). The molecular formula is C44H24Cl4N4. The van der Waals surface area contributed by atoms with E-state index >= 15 is 0 Å². The Morgan fingerprint density at radius 3 is 1.42 bits per heavy atom. The molecule has 0 radical (unpaired) electrons. The summed E-state index contributed by atoms with van der Waals surface area (Å²) in [4.78, 5) is 18.3. The Morgan fingerprint density at radius 2 is 0.846 bits per heavy atom. The molecule has 2 aliphatic heterocycles. The van der Waals surface area contributed by atoms with Crippen molar-refractivity contribution in [2.24, 2.45) is 0 Å². The highest BCUT2D eigenvalue weighted by atomic mass is 35.5. The van der Waals surface area contributed by atoms with Crippen LogP contribution in [0.25, 0.3) is 90.4 Å². The van der Waals surface area contributed by atoms with E-state index in [1.807, 2.05) is 84.9 Å². The van der Waals surface area contributed by atoms with E-state index in [4.69, 9.17) is 56.4 Å². The predicted octanol–water partition coefficient (Wildman–Crippen LogP) is 13.7. The number of H-pyrrole nitrogens is 2. The molecule has 0 saturated carbocycles. The average Bonchev–Trinajstić information content (AvgIpc) is 3.99. The Morgan fingerprint density at radius 1 is 0.385 bits per heavy atom. The van der Waals surface area contributed by atoms with Crippen molar-refractivity contribution in [2.45, 2.75) is 0 Å². The molecule has 0 spiro atoms. The lowest BCUT2D eigenvalue weighted by molar-refractivity contribution is 1.28. The first kappa shape index (κ1) is 31.4. The van der Waals surface area contributed by atoms with Gasteiger partial charge in [-0.3, -0.25) is 0 Å². The zero-order valence-electron chi connectivity index (χ0n) is 27.1. The van der Waals surface area contributed by atoms with Crippen molar-refractivity contribution < 1.29 is 0 Å². The maximum Gasteiger partial charge on any atom is 0.0816 e. The van der Waals surface area contributed by atoms with Crippen LogP contribution in [0.3, 0.4) is 0 Å². The fourth-order valence-electron chi connectivity index (χ4n) is 7.49. The Hall–Kier alpha value is -5.36. The number of hydrogen-bond acceptors (Lipinski definition) is 2. The molecule has 248 valence electrons. The van der Waals surface area contributed by atoms with Gasteiger partial charge in [-0.25, -0.2) is 9.97 Å². The van der Waals surface area contributed by atoms with Crippen molar-refractivity contribution in [2.75, 3.05) is 0 Å². The third-order valence-corrected chi connectivity index (χ3v) is 10.8. The van der Waals surface area contributed by atoms with Crippen LogP contribution in [0.1, 0.15) is 28.3 Å². The molecule has 7 aromatic rings. The van der Waals surface area contributed by atoms with Gasteiger partial charge in [0.05, 0.1) is 22.8 Å². The first-order valence-electron chi connectivity index (χ1n) is 16.7. The topological polar surface area (TPSA) is 57.4 Å². The molecule has 4 nitrogen and oxygen atoms in total. The van der Waals surface area contributed by atoms with Crippen molar-refractivity contribution in [3.63, 3.8) is 0 Å². The van der Waals surface area contributed by atoms with Gasteiger partial charge >= 0.3 is 0 Å². The third kappa shape index (κ3) is 5.14. The fourth-order valence-corrected chi connectivity index (χ4v) is 8.04. The zero-order valence-corrected chi connectivity index (χ0v) is 30.1. The fraction of sp³-hybridized carbons (Fsp3) is 0. The van der Waals surface area contributed by atoms with Crippen LogP contribution in [-0.2, 0) is 0 Å². The summed E-state index contributed by atoms with van der Waals surface area (Å²) in [7, 11) is 0. The summed E-state index contributed by atoms with van der Waals surface area (Å²) in [5, 5.41) is 2.66. The lowest BCUT2D eigenvalue weighted by Gasteiger charge is -2.07. The molecule has 8 bridgehead atoms. The monoisotopic (exact) mass is 748 g/mol. The Bertz CT molecular complexity index is 2820. The normalized spacial score (nSPS) is 12.7. The SMILES string of the molecule is Clc1ccc(-c2c3nc(c(-c4ccc(Cl)cc4)c4ccc([nH]4)c(-c4ccc(Cl)cc4)c4ccc([nH]4)c4c5nc2C=C5c2cc(Cl)ccc2-4)C=C3)cc1. The second-order valence-corrected chi connectivity index (χ2v) is 14.6. The van der Waals surface area contributed by atoms with E-state index < -0.39 is 0 Å². The van der Waals surface area contributed by atoms with Gasteiger partial charge in [0, 0.05) is 70.0 Å². The summed E-state index contributed by atoms with van der Waals surface area (Å²) in [6.07, 6.45) is 6.29. The second-order valence-electron chi connectivity index (χ2n) is 12.9. The first-order valence-corrected chi connectivity index (χ1v) is 18.2. The number of nitrogens with zero attached hydrogens (tertiary/aromatic N) is 2. The van der Waals surface area contributed by atoms with Crippen LogP contribution in [0.4, 0.5) is 0 Å². The largest absolute Gasteiger partial charge is 0.354 e. The molecule has 3 aliphatic rings. The van der Waals surface area contributed by atoms with Crippen molar-refractivity contribution in [3.8, 4) is 44.5 Å². The molecule has 3 aromatic heterocycles. The van der Waals surface area contributed by atoms with E-state index in [2.05, 4.69) is 58.5 Å². The van der Waals surface area contributed by atoms with Crippen molar-refractivity contribution in [3.05, 3.63) is 164 Å². The third-order valence-electron chi connectivity index (χ3n) is 9.80. The van der Waals surface area contributed by atoms with E-state index in [1.165, 1.54) is 0 Å². The smallest absolute Gasteiger partial charge is 0.0816 e. The van der Waals surface area contributed by atoms with Crippen molar-refractivity contribution in [1.29, 1.82) is 0 Å². The van der Waals surface area contributed by atoms with E-state index in [0.29, 0.717) is 20.1 Å². The van der Waals surface area contributed by atoms with E-state index in [0.717, 1.165) is 100 Å². The van der Waals surface area contributed by atoms with E-state index in [-0.39, 0.29) is 0 Å². The Kier molecular flexibility index (Phi) is 7.31. The van der Waals surface area contributed by atoms with Crippen molar-refractivity contribution in [1.82, 2.24) is 19.9 Å². The lowest BCUT2D eigenvalue weighted by atomic mass is 10.00. The molecule has 0 saturated heterocycles. The highest BCUT2D eigenvalue weighted by Gasteiger charge is 2.30. The molecule has 5 heterocycles. The summed E-state index contributed by atoms with van der Waals surface area (Å²) >= 11 is 25.8. The first-order chi connectivity index (χ1) is 25.4. The highest BCUT2D eigenvalue weighted by Crippen LogP contribution is 2.49. The molecule has 0 unspecified atom stereocenters. The lowest BCUT2D eigenvalue weighted by Crippen LogP contribution is -1.91. The molecular weight excluding hydrogens is 726 g/mol. The number of halogens is 4. The number of nitrogens with one attached hydrogen (secondary N) is 2. The molecule has 0 fully saturated rings. The van der Waals surface area contributed by atoms with Crippen LogP contribution < -0.4 is 0 Å². The van der Waals surface area contributed by atoms with Gasteiger partial charge in [-0.15, -0.1) is 0 Å². The van der Waals surface area contributed by atoms with Crippen LogP contribution in [0, 0.1) is 0 Å². The number of benzene rings is 4. The average molecular weight is 751 g/mol. The minimum absolute atomic E-state index is 0.657. The summed E-state index contributed by atoms with van der Waals surface area (Å²) in [6.45, 7) is 0. The van der Waals surface area contributed by atoms with Crippen molar-refractivity contribution >= 4 is 92.3 Å². The molecule has 2 N–H and O–H groups in total. The van der Waals surface area contributed by atoms with Crippen LogP contribution in [0.15, 0.2) is 115 Å². The van der Waals surface area contributed by atoms with Gasteiger partial charge in [0.2, 0.25) is 0 Å². The van der Waals surface area contributed by atoms with Crippen LogP contribution in [0.2, 0.25) is 20.1 Å². The molecule has 0 atom stereocenters. The highest BCUT2D eigenvalue weighted by molar-refractivity contribution is 6.32. The number of aromatic nitrogens is 4.